The fourth-order valence-corrected chi connectivity index (χ4v) is 2.19. The monoisotopic (exact) mass is 320 g/mol. The standard InChI is InChI=1S/C15H17BrN2O/c1-17-11-13-9-14(4-5-15(13)16)19-8-6-12-3-2-7-18-10-12/h2-5,7,9-10,17H,6,8,11H2,1H3. The van der Waals surface area contributed by atoms with E-state index in [1.807, 2.05) is 31.4 Å². The summed E-state index contributed by atoms with van der Waals surface area (Å²) in [7, 11) is 1.93. The molecule has 0 saturated heterocycles. The van der Waals surface area contributed by atoms with Crippen molar-refractivity contribution in [2.75, 3.05) is 13.7 Å². The molecule has 0 radical (unpaired) electrons. The number of benzene rings is 1. The highest BCUT2D eigenvalue weighted by Crippen LogP contribution is 2.22. The quantitative estimate of drug-likeness (QED) is 0.887. The molecule has 1 aromatic carbocycles. The average molecular weight is 321 g/mol. The Hall–Kier alpha value is -1.39. The largest absolute Gasteiger partial charge is 0.493 e. The highest BCUT2D eigenvalue weighted by molar-refractivity contribution is 9.10. The number of hydrogen-bond donors (Lipinski definition) is 1. The van der Waals surface area contributed by atoms with Crippen molar-refractivity contribution in [3.05, 3.63) is 58.3 Å². The Morgan fingerprint density at radius 2 is 2.21 bits per heavy atom. The van der Waals surface area contributed by atoms with Gasteiger partial charge in [-0.25, -0.2) is 0 Å². The van der Waals surface area contributed by atoms with Crippen LogP contribution in [0.1, 0.15) is 11.1 Å². The fourth-order valence-electron chi connectivity index (χ4n) is 1.80. The van der Waals surface area contributed by atoms with Gasteiger partial charge in [-0.05, 0) is 42.4 Å². The van der Waals surface area contributed by atoms with E-state index in [-0.39, 0.29) is 0 Å². The highest BCUT2D eigenvalue weighted by atomic mass is 79.9. The summed E-state index contributed by atoms with van der Waals surface area (Å²) in [5, 5.41) is 3.14. The predicted molar refractivity (Wildman–Crippen MR) is 80.3 cm³/mol. The zero-order valence-corrected chi connectivity index (χ0v) is 12.5. The molecule has 4 heteroatoms. The van der Waals surface area contributed by atoms with Crippen LogP contribution in [0.15, 0.2) is 47.2 Å². The lowest BCUT2D eigenvalue weighted by molar-refractivity contribution is 0.321. The van der Waals surface area contributed by atoms with Crippen molar-refractivity contribution in [1.29, 1.82) is 0 Å². The maximum Gasteiger partial charge on any atom is 0.119 e. The van der Waals surface area contributed by atoms with Gasteiger partial charge in [-0.2, -0.15) is 0 Å². The van der Waals surface area contributed by atoms with E-state index < -0.39 is 0 Å². The van der Waals surface area contributed by atoms with Crippen LogP contribution in [0.3, 0.4) is 0 Å². The first kappa shape index (κ1) is 14.0. The first-order valence-corrected chi connectivity index (χ1v) is 7.03. The van der Waals surface area contributed by atoms with Crippen LogP contribution in [0, 0.1) is 0 Å². The summed E-state index contributed by atoms with van der Waals surface area (Å²) in [4.78, 5) is 4.09. The molecule has 0 spiro atoms. The second kappa shape index (κ2) is 7.26. The zero-order valence-electron chi connectivity index (χ0n) is 10.9. The molecule has 1 N–H and O–H groups in total. The molecular weight excluding hydrogens is 304 g/mol. The van der Waals surface area contributed by atoms with Gasteiger partial charge in [-0.1, -0.05) is 22.0 Å². The van der Waals surface area contributed by atoms with Crippen LogP contribution in [0.2, 0.25) is 0 Å². The van der Waals surface area contributed by atoms with Gasteiger partial charge in [0.2, 0.25) is 0 Å². The molecule has 2 aromatic rings. The topological polar surface area (TPSA) is 34.1 Å². The fraction of sp³-hybridized carbons (Fsp3) is 0.267. The molecule has 0 aliphatic carbocycles. The second-order valence-corrected chi connectivity index (χ2v) is 5.10. The molecule has 3 nitrogen and oxygen atoms in total. The number of nitrogens with zero attached hydrogens (tertiary/aromatic N) is 1. The minimum Gasteiger partial charge on any atom is -0.493 e. The van der Waals surface area contributed by atoms with Crippen LogP contribution in [0.5, 0.6) is 5.75 Å². The lowest BCUT2D eigenvalue weighted by Crippen LogP contribution is -2.07. The molecule has 100 valence electrons. The number of hydrogen-bond acceptors (Lipinski definition) is 3. The number of nitrogens with one attached hydrogen (secondary N) is 1. The molecule has 0 aliphatic rings. The van der Waals surface area contributed by atoms with E-state index in [2.05, 4.69) is 38.4 Å². The third-order valence-electron chi connectivity index (χ3n) is 2.77. The summed E-state index contributed by atoms with van der Waals surface area (Å²) in [5.41, 5.74) is 2.39. The summed E-state index contributed by atoms with van der Waals surface area (Å²) >= 11 is 3.53. The van der Waals surface area contributed by atoms with Gasteiger partial charge < -0.3 is 10.1 Å². The number of aromatic nitrogens is 1. The van der Waals surface area contributed by atoms with Gasteiger partial charge in [0.25, 0.3) is 0 Å². The Kier molecular flexibility index (Phi) is 5.36. The SMILES string of the molecule is CNCc1cc(OCCc2cccnc2)ccc1Br. The van der Waals surface area contributed by atoms with Crippen LogP contribution < -0.4 is 10.1 Å². The van der Waals surface area contributed by atoms with E-state index in [0.29, 0.717) is 6.61 Å². The molecule has 0 saturated carbocycles. The highest BCUT2D eigenvalue weighted by Gasteiger charge is 2.02. The molecule has 1 aromatic heterocycles. The first-order valence-electron chi connectivity index (χ1n) is 6.24. The minimum absolute atomic E-state index is 0.659. The molecule has 0 fully saturated rings. The van der Waals surface area contributed by atoms with Crippen molar-refractivity contribution in [3.8, 4) is 5.75 Å². The number of ether oxygens (including phenoxy) is 1. The van der Waals surface area contributed by atoms with Gasteiger partial charge in [-0.3, -0.25) is 4.98 Å². The zero-order chi connectivity index (χ0) is 13.5. The van der Waals surface area contributed by atoms with E-state index in [1.54, 1.807) is 6.20 Å². The van der Waals surface area contributed by atoms with Gasteiger partial charge >= 0.3 is 0 Å². The van der Waals surface area contributed by atoms with Crippen molar-refractivity contribution in [2.24, 2.45) is 0 Å². The van der Waals surface area contributed by atoms with E-state index >= 15 is 0 Å². The van der Waals surface area contributed by atoms with Crippen molar-refractivity contribution >= 4 is 15.9 Å². The summed E-state index contributed by atoms with van der Waals surface area (Å²) in [5.74, 6) is 0.900. The smallest absolute Gasteiger partial charge is 0.119 e. The van der Waals surface area contributed by atoms with Gasteiger partial charge in [0.05, 0.1) is 6.61 Å². The summed E-state index contributed by atoms with van der Waals surface area (Å²) in [6, 6.07) is 10.1. The van der Waals surface area contributed by atoms with Crippen molar-refractivity contribution in [3.63, 3.8) is 0 Å². The van der Waals surface area contributed by atoms with Crippen molar-refractivity contribution < 1.29 is 4.74 Å². The van der Waals surface area contributed by atoms with Crippen LogP contribution >= 0.6 is 15.9 Å². The third-order valence-corrected chi connectivity index (χ3v) is 3.54. The second-order valence-electron chi connectivity index (χ2n) is 4.24. The Labute approximate surface area is 122 Å². The average Bonchev–Trinajstić information content (AvgIpc) is 2.44. The summed E-state index contributed by atoms with van der Waals surface area (Å²) < 4.78 is 6.87. The molecule has 2 rings (SSSR count). The Morgan fingerprint density at radius 3 is 2.95 bits per heavy atom. The third kappa shape index (κ3) is 4.33. The van der Waals surface area contributed by atoms with E-state index in [0.717, 1.165) is 23.2 Å². The minimum atomic E-state index is 0.659. The molecule has 19 heavy (non-hydrogen) atoms. The maximum absolute atomic E-state index is 5.78. The van der Waals surface area contributed by atoms with Crippen LogP contribution in [-0.2, 0) is 13.0 Å². The van der Waals surface area contributed by atoms with Crippen molar-refractivity contribution in [2.45, 2.75) is 13.0 Å². The lowest BCUT2D eigenvalue weighted by atomic mass is 10.2. The van der Waals surface area contributed by atoms with E-state index in [9.17, 15) is 0 Å². The predicted octanol–water partition coefficient (Wildman–Crippen LogP) is 3.19. The Morgan fingerprint density at radius 1 is 1.32 bits per heavy atom. The molecule has 0 aliphatic heterocycles. The lowest BCUT2D eigenvalue weighted by Gasteiger charge is -2.09. The number of rotatable bonds is 6. The molecular formula is C15H17BrN2O. The van der Waals surface area contributed by atoms with E-state index in [1.165, 1.54) is 11.1 Å². The molecule has 0 unspecified atom stereocenters. The van der Waals surface area contributed by atoms with Gasteiger partial charge in [0.15, 0.2) is 0 Å². The van der Waals surface area contributed by atoms with Crippen molar-refractivity contribution in [1.82, 2.24) is 10.3 Å². The van der Waals surface area contributed by atoms with Gasteiger partial charge in [0, 0.05) is 29.8 Å². The molecule has 1 heterocycles. The van der Waals surface area contributed by atoms with Crippen LogP contribution in [-0.4, -0.2) is 18.6 Å². The maximum atomic E-state index is 5.78. The van der Waals surface area contributed by atoms with Crippen LogP contribution in [0.4, 0.5) is 0 Å². The molecule has 0 atom stereocenters. The van der Waals surface area contributed by atoms with Gasteiger partial charge in [0.1, 0.15) is 5.75 Å². The Bertz CT molecular complexity index is 517. The molecule has 0 amide bonds. The van der Waals surface area contributed by atoms with Gasteiger partial charge in [-0.15, -0.1) is 0 Å². The van der Waals surface area contributed by atoms with E-state index in [4.69, 9.17) is 4.74 Å². The van der Waals surface area contributed by atoms with Crippen LogP contribution in [0.25, 0.3) is 0 Å². The Balaban J connectivity index is 1.91. The summed E-state index contributed by atoms with van der Waals surface area (Å²) in [6.07, 6.45) is 4.52. The number of pyridine rings is 1. The normalized spacial score (nSPS) is 10.4. The molecule has 0 bridgehead atoms. The number of halogens is 1. The summed E-state index contributed by atoms with van der Waals surface area (Å²) in [6.45, 7) is 1.48. The first-order chi connectivity index (χ1) is 9.29.